The third-order valence-electron chi connectivity index (χ3n) is 5.16. The SMILES string of the molecule is C[C@H](CCc1ccccc1)NC(=O)[C@@H]1CS[C@H](c2ccc(Cl)cc2)N1C(=O)OC(C)(C)C. The van der Waals surface area contributed by atoms with Gasteiger partial charge in [-0.25, -0.2) is 4.79 Å². The standard InChI is InChI=1S/C25H31ClN2O3S/c1-17(10-11-18-8-6-5-7-9-18)27-22(29)21-16-32-23(19-12-14-20(26)15-13-19)28(21)24(30)31-25(2,3)4/h5-9,12-15,17,21,23H,10-11,16H2,1-4H3,(H,27,29)/t17-,21+,23-/m1/s1. The molecule has 5 nitrogen and oxygen atoms in total. The molecule has 172 valence electrons. The lowest BCUT2D eigenvalue weighted by Gasteiger charge is -2.32. The highest BCUT2D eigenvalue weighted by Gasteiger charge is 2.44. The van der Waals surface area contributed by atoms with Gasteiger partial charge in [-0.1, -0.05) is 54.1 Å². The molecule has 0 spiro atoms. The summed E-state index contributed by atoms with van der Waals surface area (Å²) in [5.41, 5.74) is 1.50. The van der Waals surface area contributed by atoms with Gasteiger partial charge < -0.3 is 10.1 Å². The van der Waals surface area contributed by atoms with E-state index in [1.54, 1.807) is 28.8 Å². The summed E-state index contributed by atoms with van der Waals surface area (Å²) < 4.78 is 5.66. The molecule has 1 heterocycles. The van der Waals surface area contributed by atoms with E-state index in [1.165, 1.54) is 5.56 Å². The first kappa shape index (κ1) is 24.5. The van der Waals surface area contributed by atoms with Crippen molar-refractivity contribution >= 4 is 35.4 Å². The van der Waals surface area contributed by atoms with E-state index in [4.69, 9.17) is 16.3 Å². The topological polar surface area (TPSA) is 58.6 Å². The fourth-order valence-corrected chi connectivity index (χ4v) is 5.11. The van der Waals surface area contributed by atoms with E-state index in [0.717, 1.165) is 18.4 Å². The minimum Gasteiger partial charge on any atom is -0.444 e. The molecule has 0 aliphatic carbocycles. The maximum Gasteiger partial charge on any atom is 0.412 e. The number of hydrogen-bond acceptors (Lipinski definition) is 4. The van der Waals surface area contributed by atoms with Gasteiger partial charge in [0.2, 0.25) is 5.91 Å². The van der Waals surface area contributed by atoms with Gasteiger partial charge in [0.05, 0.1) is 0 Å². The zero-order valence-corrected chi connectivity index (χ0v) is 20.6. The Morgan fingerprint density at radius 2 is 1.81 bits per heavy atom. The van der Waals surface area contributed by atoms with E-state index in [0.29, 0.717) is 10.8 Å². The second-order valence-corrected chi connectivity index (χ2v) is 10.6. The maximum absolute atomic E-state index is 13.2. The lowest BCUT2D eigenvalue weighted by molar-refractivity contribution is -0.126. The van der Waals surface area contributed by atoms with E-state index >= 15 is 0 Å². The van der Waals surface area contributed by atoms with Gasteiger partial charge in [-0.15, -0.1) is 11.8 Å². The van der Waals surface area contributed by atoms with Crippen molar-refractivity contribution in [3.05, 3.63) is 70.7 Å². The van der Waals surface area contributed by atoms with E-state index in [1.807, 2.05) is 58.0 Å². The molecule has 3 atom stereocenters. The molecule has 2 aromatic carbocycles. The van der Waals surface area contributed by atoms with Crippen LogP contribution in [0.2, 0.25) is 5.02 Å². The molecule has 0 saturated carbocycles. The molecular formula is C25H31ClN2O3S. The highest BCUT2D eigenvalue weighted by Crippen LogP contribution is 2.42. The summed E-state index contributed by atoms with van der Waals surface area (Å²) in [7, 11) is 0. The van der Waals surface area contributed by atoms with Crippen LogP contribution in [0.25, 0.3) is 0 Å². The first-order valence-corrected chi connectivity index (χ1v) is 12.3. The number of thioether (sulfide) groups is 1. The lowest BCUT2D eigenvalue weighted by atomic mass is 10.1. The molecule has 0 bridgehead atoms. The van der Waals surface area contributed by atoms with Gasteiger partial charge in [-0.2, -0.15) is 0 Å². The fraction of sp³-hybridized carbons (Fsp3) is 0.440. The molecule has 1 aliphatic heterocycles. The van der Waals surface area contributed by atoms with Crippen LogP contribution in [-0.2, 0) is 16.0 Å². The van der Waals surface area contributed by atoms with Crippen LogP contribution in [0.3, 0.4) is 0 Å². The van der Waals surface area contributed by atoms with Crippen molar-refractivity contribution < 1.29 is 14.3 Å². The molecule has 1 aliphatic rings. The maximum atomic E-state index is 13.2. The Bertz CT molecular complexity index is 915. The molecule has 3 rings (SSSR count). The van der Waals surface area contributed by atoms with E-state index in [2.05, 4.69) is 17.4 Å². The van der Waals surface area contributed by atoms with Crippen molar-refractivity contribution in [2.45, 2.75) is 63.6 Å². The Morgan fingerprint density at radius 3 is 2.44 bits per heavy atom. The lowest BCUT2D eigenvalue weighted by Crippen LogP contribution is -2.51. The number of amides is 2. The number of aryl methyl sites for hydroxylation is 1. The quantitative estimate of drug-likeness (QED) is 0.572. The van der Waals surface area contributed by atoms with Gasteiger partial charge in [0.1, 0.15) is 17.0 Å². The largest absolute Gasteiger partial charge is 0.444 e. The van der Waals surface area contributed by atoms with Gasteiger partial charge in [0.25, 0.3) is 0 Å². The molecule has 1 N–H and O–H groups in total. The van der Waals surface area contributed by atoms with Crippen LogP contribution in [0.4, 0.5) is 4.79 Å². The average Bonchev–Trinajstić information content (AvgIpc) is 3.18. The van der Waals surface area contributed by atoms with Crippen LogP contribution in [0.5, 0.6) is 0 Å². The minimum atomic E-state index is -0.654. The highest BCUT2D eigenvalue weighted by molar-refractivity contribution is 7.99. The smallest absolute Gasteiger partial charge is 0.412 e. The third-order valence-corrected chi connectivity index (χ3v) is 6.74. The van der Waals surface area contributed by atoms with E-state index in [9.17, 15) is 9.59 Å². The zero-order chi connectivity index (χ0) is 23.3. The van der Waals surface area contributed by atoms with Crippen LogP contribution < -0.4 is 5.32 Å². The molecule has 32 heavy (non-hydrogen) atoms. The van der Waals surface area contributed by atoms with Crippen molar-refractivity contribution in [3.63, 3.8) is 0 Å². The molecule has 0 unspecified atom stereocenters. The monoisotopic (exact) mass is 474 g/mol. The molecular weight excluding hydrogens is 444 g/mol. The number of ether oxygens (including phenoxy) is 1. The summed E-state index contributed by atoms with van der Waals surface area (Å²) in [5.74, 6) is 0.351. The van der Waals surface area contributed by atoms with Crippen LogP contribution >= 0.6 is 23.4 Å². The first-order chi connectivity index (χ1) is 15.1. The van der Waals surface area contributed by atoms with E-state index < -0.39 is 17.7 Å². The van der Waals surface area contributed by atoms with Gasteiger partial charge in [-0.3, -0.25) is 9.69 Å². The Balaban J connectivity index is 1.71. The second-order valence-electron chi connectivity index (χ2n) is 9.07. The number of nitrogens with zero attached hydrogens (tertiary/aromatic N) is 1. The number of benzene rings is 2. The number of nitrogens with one attached hydrogen (secondary N) is 1. The average molecular weight is 475 g/mol. The molecule has 0 aromatic heterocycles. The molecule has 2 aromatic rings. The van der Waals surface area contributed by atoms with Crippen LogP contribution in [0.1, 0.15) is 50.6 Å². The van der Waals surface area contributed by atoms with Gasteiger partial charge in [-0.05, 0) is 63.8 Å². The molecule has 0 radical (unpaired) electrons. The van der Waals surface area contributed by atoms with Crippen molar-refractivity contribution in [1.82, 2.24) is 10.2 Å². The van der Waals surface area contributed by atoms with Gasteiger partial charge in [0, 0.05) is 16.8 Å². The summed E-state index contributed by atoms with van der Waals surface area (Å²) in [6.45, 7) is 7.47. The second kappa shape index (κ2) is 10.6. The summed E-state index contributed by atoms with van der Waals surface area (Å²) >= 11 is 7.60. The predicted octanol–water partition coefficient (Wildman–Crippen LogP) is 5.83. The molecule has 7 heteroatoms. The van der Waals surface area contributed by atoms with Gasteiger partial charge >= 0.3 is 6.09 Å². The van der Waals surface area contributed by atoms with Crippen LogP contribution in [-0.4, -0.2) is 40.3 Å². The Hall–Kier alpha value is -2.18. The third kappa shape index (κ3) is 6.66. The van der Waals surface area contributed by atoms with Crippen LogP contribution in [0, 0.1) is 0 Å². The summed E-state index contributed by atoms with van der Waals surface area (Å²) in [4.78, 5) is 27.9. The number of rotatable bonds is 6. The fourth-order valence-electron chi connectivity index (χ4n) is 3.57. The van der Waals surface area contributed by atoms with Crippen molar-refractivity contribution in [2.24, 2.45) is 0 Å². The number of carbonyl (C=O) groups excluding carboxylic acids is 2. The summed E-state index contributed by atoms with van der Waals surface area (Å²) in [5, 5.41) is 3.42. The molecule has 2 amide bonds. The van der Waals surface area contributed by atoms with Crippen LogP contribution in [0.15, 0.2) is 54.6 Å². The Labute approximate surface area is 199 Å². The van der Waals surface area contributed by atoms with E-state index in [-0.39, 0.29) is 17.3 Å². The number of hydrogen-bond donors (Lipinski definition) is 1. The Morgan fingerprint density at radius 1 is 1.16 bits per heavy atom. The van der Waals surface area contributed by atoms with Crippen molar-refractivity contribution in [2.75, 3.05) is 5.75 Å². The van der Waals surface area contributed by atoms with Gasteiger partial charge in [0.15, 0.2) is 0 Å². The Kier molecular flexibility index (Phi) is 8.12. The van der Waals surface area contributed by atoms with Crippen molar-refractivity contribution in [3.8, 4) is 0 Å². The molecule has 1 fully saturated rings. The number of halogens is 1. The highest BCUT2D eigenvalue weighted by atomic mass is 35.5. The number of carbonyl (C=O) groups is 2. The summed E-state index contributed by atoms with van der Waals surface area (Å²) in [6, 6.07) is 17.0. The predicted molar refractivity (Wildman–Crippen MR) is 131 cm³/mol. The summed E-state index contributed by atoms with van der Waals surface area (Å²) in [6.07, 6.45) is 1.22. The minimum absolute atomic E-state index is 0.0113. The zero-order valence-electron chi connectivity index (χ0n) is 19.0. The normalized spacial score (nSPS) is 19.5. The van der Waals surface area contributed by atoms with Crippen molar-refractivity contribution in [1.29, 1.82) is 0 Å². The molecule has 1 saturated heterocycles. The first-order valence-electron chi connectivity index (χ1n) is 10.9.